The molecule has 5 nitrogen and oxygen atoms in total. The van der Waals surface area contributed by atoms with Crippen LogP contribution in [-0.4, -0.2) is 24.5 Å². The van der Waals surface area contributed by atoms with Gasteiger partial charge in [0.25, 0.3) is 0 Å². The summed E-state index contributed by atoms with van der Waals surface area (Å²) in [6.07, 6.45) is 2.49. The van der Waals surface area contributed by atoms with Gasteiger partial charge in [-0.3, -0.25) is 4.68 Å². The number of halogens is 1. The standard InChI is InChI=1S/C13H20ClN5/c1-5-11(14)13-9(3)17-19(10(13)4)7-12-15-8-16-18(12)6-2/h8,11H,5-7H2,1-4H3. The van der Waals surface area contributed by atoms with Crippen LogP contribution < -0.4 is 0 Å². The van der Waals surface area contributed by atoms with Gasteiger partial charge in [0, 0.05) is 17.8 Å². The summed E-state index contributed by atoms with van der Waals surface area (Å²) in [5.41, 5.74) is 3.26. The number of aromatic nitrogens is 5. The summed E-state index contributed by atoms with van der Waals surface area (Å²) in [5.74, 6) is 0.919. The van der Waals surface area contributed by atoms with Crippen molar-refractivity contribution in [1.82, 2.24) is 24.5 Å². The Bertz CT molecular complexity index is 557. The minimum Gasteiger partial charge on any atom is -0.262 e. The fourth-order valence-electron chi connectivity index (χ4n) is 2.33. The van der Waals surface area contributed by atoms with E-state index in [9.17, 15) is 0 Å². The molecule has 0 radical (unpaired) electrons. The van der Waals surface area contributed by atoms with Crippen molar-refractivity contribution in [2.75, 3.05) is 0 Å². The second-order valence-corrected chi connectivity index (χ2v) is 5.14. The summed E-state index contributed by atoms with van der Waals surface area (Å²) in [6, 6.07) is 0. The molecule has 1 atom stereocenters. The van der Waals surface area contributed by atoms with Crippen molar-refractivity contribution in [2.24, 2.45) is 0 Å². The Balaban J connectivity index is 2.32. The van der Waals surface area contributed by atoms with Crippen LogP contribution in [0.2, 0.25) is 0 Å². The molecule has 0 saturated heterocycles. The average Bonchev–Trinajstić information content (AvgIpc) is 2.94. The topological polar surface area (TPSA) is 48.5 Å². The summed E-state index contributed by atoms with van der Waals surface area (Å²) >= 11 is 6.37. The lowest BCUT2D eigenvalue weighted by Gasteiger charge is -2.08. The molecule has 19 heavy (non-hydrogen) atoms. The van der Waals surface area contributed by atoms with Crippen LogP contribution in [-0.2, 0) is 13.1 Å². The lowest BCUT2D eigenvalue weighted by Crippen LogP contribution is -2.11. The Morgan fingerprint density at radius 1 is 1.26 bits per heavy atom. The van der Waals surface area contributed by atoms with Gasteiger partial charge in [-0.25, -0.2) is 9.67 Å². The minimum atomic E-state index is 0.0257. The number of alkyl halides is 1. The van der Waals surface area contributed by atoms with Crippen LogP contribution in [0.4, 0.5) is 0 Å². The highest BCUT2D eigenvalue weighted by molar-refractivity contribution is 6.20. The molecule has 0 aliphatic rings. The van der Waals surface area contributed by atoms with E-state index in [1.807, 2.05) is 16.3 Å². The second-order valence-electron chi connectivity index (χ2n) is 4.61. The maximum absolute atomic E-state index is 6.37. The van der Waals surface area contributed by atoms with E-state index in [0.29, 0.717) is 6.54 Å². The molecule has 0 bridgehead atoms. The molecule has 0 amide bonds. The molecule has 0 aromatic carbocycles. The van der Waals surface area contributed by atoms with E-state index < -0.39 is 0 Å². The van der Waals surface area contributed by atoms with Gasteiger partial charge in [-0.05, 0) is 27.2 Å². The lowest BCUT2D eigenvalue weighted by atomic mass is 10.1. The van der Waals surface area contributed by atoms with Gasteiger partial charge >= 0.3 is 0 Å². The molecule has 0 spiro atoms. The normalized spacial score (nSPS) is 12.9. The van der Waals surface area contributed by atoms with Crippen molar-refractivity contribution in [2.45, 2.75) is 52.6 Å². The highest BCUT2D eigenvalue weighted by Crippen LogP contribution is 2.29. The van der Waals surface area contributed by atoms with Crippen LogP contribution in [0, 0.1) is 13.8 Å². The number of nitrogens with zero attached hydrogens (tertiary/aromatic N) is 5. The molecule has 104 valence electrons. The van der Waals surface area contributed by atoms with Crippen molar-refractivity contribution in [1.29, 1.82) is 0 Å². The second kappa shape index (κ2) is 5.74. The summed E-state index contributed by atoms with van der Waals surface area (Å²) in [4.78, 5) is 4.29. The minimum absolute atomic E-state index is 0.0257. The van der Waals surface area contributed by atoms with E-state index in [4.69, 9.17) is 11.6 Å². The molecule has 0 aliphatic carbocycles. The van der Waals surface area contributed by atoms with Gasteiger partial charge in [0.05, 0.1) is 11.1 Å². The van der Waals surface area contributed by atoms with E-state index >= 15 is 0 Å². The largest absolute Gasteiger partial charge is 0.262 e. The highest BCUT2D eigenvalue weighted by atomic mass is 35.5. The SMILES string of the molecule is CCC(Cl)c1c(C)nn(Cc2ncnn2CC)c1C. The quantitative estimate of drug-likeness (QED) is 0.792. The van der Waals surface area contributed by atoms with E-state index in [1.54, 1.807) is 6.33 Å². The van der Waals surface area contributed by atoms with Gasteiger partial charge in [-0.1, -0.05) is 6.92 Å². The molecule has 1 unspecified atom stereocenters. The molecule has 2 heterocycles. The van der Waals surface area contributed by atoms with Crippen molar-refractivity contribution in [3.8, 4) is 0 Å². The Kier molecular flexibility index (Phi) is 4.24. The molecule has 0 saturated carbocycles. The monoisotopic (exact) mass is 281 g/mol. The fourth-order valence-corrected chi connectivity index (χ4v) is 2.65. The first-order chi connectivity index (χ1) is 9.08. The first-order valence-corrected chi connectivity index (χ1v) is 7.06. The third kappa shape index (κ3) is 2.66. The predicted molar refractivity (Wildman–Crippen MR) is 75.4 cm³/mol. The highest BCUT2D eigenvalue weighted by Gasteiger charge is 2.18. The van der Waals surface area contributed by atoms with Crippen molar-refractivity contribution < 1.29 is 0 Å². The Labute approximate surface area is 118 Å². The third-order valence-corrected chi connectivity index (χ3v) is 3.92. The molecule has 2 rings (SSSR count). The van der Waals surface area contributed by atoms with E-state index in [2.05, 4.69) is 36.0 Å². The molecule has 0 fully saturated rings. The molecule has 0 aliphatic heterocycles. The summed E-state index contributed by atoms with van der Waals surface area (Å²) in [5, 5.41) is 8.79. The number of hydrogen-bond acceptors (Lipinski definition) is 3. The third-order valence-electron chi connectivity index (χ3n) is 3.40. The zero-order chi connectivity index (χ0) is 14.0. The van der Waals surface area contributed by atoms with Crippen molar-refractivity contribution in [3.63, 3.8) is 0 Å². The van der Waals surface area contributed by atoms with Gasteiger partial charge in [-0.2, -0.15) is 10.2 Å². The van der Waals surface area contributed by atoms with Crippen LogP contribution in [0.1, 0.15) is 48.4 Å². The summed E-state index contributed by atoms with van der Waals surface area (Å²) < 4.78 is 3.85. The van der Waals surface area contributed by atoms with Gasteiger partial charge in [0.2, 0.25) is 0 Å². The first kappa shape index (κ1) is 14.1. The Morgan fingerprint density at radius 3 is 2.63 bits per heavy atom. The summed E-state index contributed by atoms with van der Waals surface area (Å²) in [7, 11) is 0. The molecule has 0 N–H and O–H groups in total. The molecule has 2 aromatic heterocycles. The number of rotatable bonds is 5. The number of hydrogen-bond donors (Lipinski definition) is 0. The average molecular weight is 282 g/mol. The van der Waals surface area contributed by atoms with E-state index in [-0.39, 0.29) is 5.38 Å². The molecule has 2 aromatic rings. The van der Waals surface area contributed by atoms with Crippen LogP contribution in [0.15, 0.2) is 6.33 Å². The van der Waals surface area contributed by atoms with Gasteiger partial charge < -0.3 is 0 Å². The van der Waals surface area contributed by atoms with Gasteiger partial charge in [0.1, 0.15) is 18.7 Å². The predicted octanol–water partition coefficient (Wildman–Crippen LogP) is 2.85. The smallest absolute Gasteiger partial charge is 0.148 e. The molecule has 6 heteroatoms. The lowest BCUT2D eigenvalue weighted by molar-refractivity contribution is 0.558. The maximum atomic E-state index is 6.37. The molecular weight excluding hydrogens is 262 g/mol. The zero-order valence-corrected chi connectivity index (χ0v) is 12.6. The fraction of sp³-hybridized carbons (Fsp3) is 0.615. The van der Waals surface area contributed by atoms with Crippen LogP contribution >= 0.6 is 11.6 Å². The first-order valence-electron chi connectivity index (χ1n) is 6.63. The van der Waals surface area contributed by atoms with Crippen LogP contribution in [0.25, 0.3) is 0 Å². The van der Waals surface area contributed by atoms with Crippen LogP contribution in [0.5, 0.6) is 0 Å². The number of aryl methyl sites for hydroxylation is 2. The van der Waals surface area contributed by atoms with Gasteiger partial charge in [-0.15, -0.1) is 11.6 Å². The van der Waals surface area contributed by atoms with E-state index in [0.717, 1.165) is 35.7 Å². The Hall–Kier alpha value is -1.36. The summed E-state index contributed by atoms with van der Waals surface area (Å²) in [6.45, 7) is 9.65. The van der Waals surface area contributed by atoms with Crippen molar-refractivity contribution in [3.05, 3.63) is 29.1 Å². The van der Waals surface area contributed by atoms with Gasteiger partial charge in [0.15, 0.2) is 0 Å². The maximum Gasteiger partial charge on any atom is 0.148 e. The molecular formula is C13H20ClN5. The van der Waals surface area contributed by atoms with Crippen LogP contribution in [0.3, 0.4) is 0 Å². The Morgan fingerprint density at radius 2 is 2.00 bits per heavy atom. The van der Waals surface area contributed by atoms with E-state index in [1.165, 1.54) is 0 Å². The van der Waals surface area contributed by atoms with Crippen molar-refractivity contribution >= 4 is 11.6 Å². The zero-order valence-electron chi connectivity index (χ0n) is 11.9.